The van der Waals surface area contributed by atoms with Crippen molar-refractivity contribution in [1.29, 1.82) is 0 Å². The van der Waals surface area contributed by atoms with Gasteiger partial charge < -0.3 is 14.4 Å². The quantitative estimate of drug-likeness (QED) is 0.450. The molecule has 4 rings (SSSR count). The van der Waals surface area contributed by atoms with Gasteiger partial charge in [-0.3, -0.25) is 15.1 Å². The van der Waals surface area contributed by atoms with Crippen LogP contribution in [-0.4, -0.2) is 54.6 Å². The van der Waals surface area contributed by atoms with Crippen molar-refractivity contribution in [3.05, 3.63) is 52.5 Å². The van der Waals surface area contributed by atoms with Gasteiger partial charge in [-0.05, 0) is 26.8 Å². The molecule has 1 fully saturated rings. The monoisotopic (exact) mass is 426 g/mol. The van der Waals surface area contributed by atoms with E-state index in [1.165, 1.54) is 6.07 Å². The lowest BCUT2D eigenvalue weighted by Gasteiger charge is -2.39. The number of ether oxygens (including phenoxy) is 2. The van der Waals surface area contributed by atoms with Crippen molar-refractivity contribution in [3.63, 3.8) is 0 Å². The minimum Gasteiger partial charge on any atom is -0.480 e. The van der Waals surface area contributed by atoms with Crippen LogP contribution >= 0.6 is 0 Å². The van der Waals surface area contributed by atoms with Crippen LogP contribution in [0.15, 0.2) is 36.7 Å². The first-order chi connectivity index (χ1) is 14.7. The number of fused-ring (bicyclic) bond motifs is 1. The van der Waals surface area contributed by atoms with Crippen molar-refractivity contribution < 1.29 is 19.2 Å². The molecule has 0 N–H and O–H groups in total. The predicted molar refractivity (Wildman–Crippen MR) is 110 cm³/mol. The molecule has 0 radical (unpaired) electrons. The predicted octanol–water partition coefficient (Wildman–Crippen LogP) is 3.11. The van der Waals surface area contributed by atoms with Crippen LogP contribution in [0.4, 0.5) is 10.5 Å². The molecule has 0 aliphatic carbocycles. The first-order valence-corrected chi connectivity index (χ1v) is 9.74. The Hall–Kier alpha value is -3.76. The molecule has 11 heteroatoms. The normalized spacial score (nSPS) is 14.4. The van der Waals surface area contributed by atoms with Crippen LogP contribution in [0, 0.1) is 10.1 Å². The second-order valence-electron chi connectivity index (χ2n) is 8.29. The summed E-state index contributed by atoms with van der Waals surface area (Å²) >= 11 is 0. The van der Waals surface area contributed by atoms with E-state index in [2.05, 4.69) is 15.3 Å². The van der Waals surface area contributed by atoms with Crippen molar-refractivity contribution in [3.8, 4) is 5.75 Å². The van der Waals surface area contributed by atoms with Gasteiger partial charge in [0, 0.05) is 36.8 Å². The fourth-order valence-corrected chi connectivity index (χ4v) is 3.16. The highest BCUT2D eigenvalue weighted by atomic mass is 16.6. The van der Waals surface area contributed by atoms with Gasteiger partial charge in [0.1, 0.15) is 17.9 Å². The SMILES string of the molecule is CC(C)(C)OC(=O)N1CC(n2cc(COc3cc4ncccc4cc3[N+](=O)[O-])nn2)C1. The lowest BCUT2D eigenvalue weighted by Crippen LogP contribution is -2.52. The number of carbonyl (C=O) groups excluding carboxylic acids is 1. The van der Waals surface area contributed by atoms with E-state index < -0.39 is 10.5 Å². The number of carbonyl (C=O) groups is 1. The molecule has 3 aromatic rings. The fraction of sp³-hybridized carbons (Fsp3) is 0.400. The molecule has 1 amide bonds. The summed E-state index contributed by atoms with van der Waals surface area (Å²) in [5.74, 6) is 0.116. The number of hydrogen-bond donors (Lipinski definition) is 0. The topological polar surface area (TPSA) is 126 Å². The summed E-state index contributed by atoms with van der Waals surface area (Å²) in [7, 11) is 0. The van der Waals surface area contributed by atoms with Crippen molar-refractivity contribution in [2.24, 2.45) is 0 Å². The average Bonchev–Trinajstić information content (AvgIpc) is 3.11. The second-order valence-corrected chi connectivity index (χ2v) is 8.29. The van der Waals surface area contributed by atoms with Gasteiger partial charge >= 0.3 is 11.8 Å². The zero-order valence-corrected chi connectivity index (χ0v) is 17.4. The molecule has 0 saturated carbocycles. The summed E-state index contributed by atoms with van der Waals surface area (Å²) in [4.78, 5) is 28.8. The molecular formula is C20H22N6O5. The summed E-state index contributed by atoms with van der Waals surface area (Å²) in [6.45, 7) is 6.42. The number of hydrogen-bond acceptors (Lipinski definition) is 8. The largest absolute Gasteiger partial charge is 0.480 e. The zero-order chi connectivity index (χ0) is 22.2. The molecule has 0 atom stereocenters. The summed E-state index contributed by atoms with van der Waals surface area (Å²) in [6.07, 6.45) is 2.97. The number of benzene rings is 1. The third-order valence-electron chi connectivity index (χ3n) is 4.70. The highest BCUT2D eigenvalue weighted by Gasteiger charge is 2.35. The highest BCUT2D eigenvalue weighted by Crippen LogP contribution is 2.32. The first-order valence-electron chi connectivity index (χ1n) is 9.74. The number of nitrogens with zero attached hydrogens (tertiary/aromatic N) is 6. The minimum absolute atomic E-state index is 0.00651. The van der Waals surface area contributed by atoms with Crippen LogP contribution in [0.25, 0.3) is 10.9 Å². The van der Waals surface area contributed by atoms with Crippen LogP contribution in [0.5, 0.6) is 5.75 Å². The summed E-state index contributed by atoms with van der Waals surface area (Å²) in [5.41, 5.74) is 0.440. The third kappa shape index (κ3) is 4.55. The van der Waals surface area contributed by atoms with E-state index in [0.717, 1.165) is 0 Å². The number of pyridine rings is 1. The molecule has 1 aliphatic heterocycles. The lowest BCUT2D eigenvalue weighted by atomic mass is 10.1. The Labute approximate surface area is 177 Å². The van der Waals surface area contributed by atoms with E-state index in [9.17, 15) is 14.9 Å². The number of nitro benzene ring substituents is 1. The molecule has 2 aromatic heterocycles. The fourth-order valence-electron chi connectivity index (χ4n) is 3.16. The Morgan fingerprint density at radius 1 is 1.32 bits per heavy atom. The maximum Gasteiger partial charge on any atom is 0.410 e. The molecule has 1 aliphatic rings. The number of rotatable bonds is 5. The van der Waals surface area contributed by atoms with Gasteiger partial charge in [-0.15, -0.1) is 5.10 Å². The zero-order valence-electron chi connectivity index (χ0n) is 17.4. The number of amides is 1. The molecule has 0 spiro atoms. The van der Waals surface area contributed by atoms with Crippen molar-refractivity contribution in [2.45, 2.75) is 39.0 Å². The Balaban J connectivity index is 1.39. The van der Waals surface area contributed by atoms with Crippen LogP contribution in [0.3, 0.4) is 0 Å². The Kier molecular flexibility index (Phi) is 5.17. The molecule has 31 heavy (non-hydrogen) atoms. The smallest absolute Gasteiger partial charge is 0.410 e. The molecule has 3 heterocycles. The maximum absolute atomic E-state index is 12.0. The molecular weight excluding hydrogens is 404 g/mol. The highest BCUT2D eigenvalue weighted by molar-refractivity contribution is 5.83. The van der Waals surface area contributed by atoms with Gasteiger partial charge in [0.15, 0.2) is 5.75 Å². The molecule has 162 valence electrons. The van der Waals surface area contributed by atoms with Gasteiger partial charge in [0.25, 0.3) is 0 Å². The number of aromatic nitrogens is 4. The molecule has 0 bridgehead atoms. The maximum atomic E-state index is 12.0. The third-order valence-corrected chi connectivity index (χ3v) is 4.70. The average molecular weight is 426 g/mol. The molecule has 0 unspecified atom stereocenters. The first kappa shape index (κ1) is 20.5. The van der Waals surface area contributed by atoms with Gasteiger partial charge in [0.2, 0.25) is 0 Å². The van der Waals surface area contributed by atoms with Gasteiger partial charge in [-0.1, -0.05) is 11.3 Å². The van der Waals surface area contributed by atoms with E-state index in [1.807, 2.05) is 20.8 Å². The van der Waals surface area contributed by atoms with Crippen LogP contribution in [0.2, 0.25) is 0 Å². The molecule has 11 nitrogen and oxygen atoms in total. The summed E-state index contributed by atoms with van der Waals surface area (Å²) in [6, 6.07) is 6.45. The van der Waals surface area contributed by atoms with E-state index in [4.69, 9.17) is 9.47 Å². The van der Waals surface area contributed by atoms with Gasteiger partial charge in [-0.2, -0.15) is 0 Å². The van der Waals surface area contributed by atoms with E-state index >= 15 is 0 Å². The molecule has 1 aromatic carbocycles. The Morgan fingerprint density at radius 3 is 2.81 bits per heavy atom. The van der Waals surface area contributed by atoms with Crippen molar-refractivity contribution >= 4 is 22.7 Å². The van der Waals surface area contributed by atoms with Gasteiger partial charge in [0.05, 0.1) is 22.7 Å². The van der Waals surface area contributed by atoms with Crippen molar-refractivity contribution in [1.82, 2.24) is 24.9 Å². The van der Waals surface area contributed by atoms with Gasteiger partial charge in [-0.25, -0.2) is 9.48 Å². The second kappa shape index (κ2) is 7.82. The van der Waals surface area contributed by atoms with E-state index in [0.29, 0.717) is 29.7 Å². The van der Waals surface area contributed by atoms with Crippen LogP contribution in [0.1, 0.15) is 32.5 Å². The minimum atomic E-state index is -0.541. The summed E-state index contributed by atoms with van der Waals surface area (Å²) < 4.78 is 12.7. The summed E-state index contributed by atoms with van der Waals surface area (Å²) in [5, 5.41) is 20.2. The Bertz CT molecular complexity index is 1130. The van der Waals surface area contributed by atoms with E-state index in [1.54, 1.807) is 40.2 Å². The standard InChI is InChI=1S/C20H22N6O5/c1-20(2,3)31-19(27)24-10-15(11-24)25-9-14(22-23-25)12-30-18-8-16-13(5-4-6-21-16)7-17(18)26(28)29/h4-9,15H,10-12H2,1-3H3. The number of likely N-dealkylation sites (tertiary alicyclic amines) is 1. The van der Waals surface area contributed by atoms with Crippen LogP contribution in [-0.2, 0) is 11.3 Å². The lowest BCUT2D eigenvalue weighted by molar-refractivity contribution is -0.385. The van der Waals surface area contributed by atoms with Crippen molar-refractivity contribution in [2.75, 3.05) is 13.1 Å². The van der Waals surface area contributed by atoms with Crippen LogP contribution < -0.4 is 4.74 Å². The number of nitro groups is 1. The van der Waals surface area contributed by atoms with E-state index in [-0.39, 0.29) is 30.2 Å². The Morgan fingerprint density at radius 2 is 2.10 bits per heavy atom. The molecule has 1 saturated heterocycles.